The monoisotopic (exact) mass is 293 g/mol. The van der Waals surface area contributed by atoms with Gasteiger partial charge in [-0.1, -0.05) is 18.2 Å². The topological polar surface area (TPSA) is 84.9 Å². The molecule has 21 heavy (non-hydrogen) atoms. The van der Waals surface area contributed by atoms with Crippen LogP contribution in [0.25, 0.3) is 0 Å². The van der Waals surface area contributed by atoms with Crippen LogP contribution in [-0.2, 0) is 14.3 Å². The molecule has 1 heterocycles. The number of para-hydroxylation sites is 1. The Labute approximate surface area is 123 Å². The van der Waals surface area contributed by atoms with Gasteiger partial charge in [0.15, 0.2) is 12.2 Å². The van der Waals surface area contributed by atoms with Gasteiger partial charge in [0.2, 0.25) is 0 Å². The fourth-order valence-electron chi connectivity index (χ4n) is 2.15. The molecule has 0 bridgehead atoms. The molecule has 2 N–H and O–H groups in total. The van der Waals surface area contributed by atoms with Crippen LogP contribution in [0, 0.1) is 0 Å². The van der Waals surface area contributed by atoms with E-state index in [1.165, 1.54) is 0 Å². The van der Waals surface area contributed by atoms with Gasteiger partial charge in [-0.05, 0) is 31.9 Å². The lowest BCUT2D eigenvalue weighted by Gasteiger charge is -2.17. The summed E-state index contributed by atoms with van der Waals surface area (Å²) in [7, 11) is 0. The quantitative estimate of drug-likeness (QED) is 0.823. The van der Waals surface area contributed by atoms with Crippen LogP contribution < -0.4 is 10.1 Å². The first-order valence-corrected chi connectivity index (χ1v) is 6.94. The molecular weight excluding hydrogens is 274 g/mol. The van der Waals surface area contributed by atoms with Gasteiger partial charge in [0.25, 0.3) is 5.91 Å². The first-order chi connectivity index (χ1) is 10.1. The first-order valence-electron chi connectivity index (χ1n) is 6.94. The summed E-state index contributed by atoms with van der Waals surface area (Å²) >= 11 is 0. The van der Waals surface area contributed by atoms with Crippen molar-refractivity contribution < 1.29 is 24.2 Å². The summed E-state index contributed by atoms with van der Waals surface area (Å²) in [5.74, 6) is -0.575. The van der Waals surface area contributed by atoms with E-state index in [0.29, 0.717) is 25.1 Å². The van der Waals surface area contributed by atoms with Crippen molar-refractivity contribution in [2.75, 3.05) is 6.54 Å². The van der Waals surface area contributed by atoms with Crippen molar-refractivity contribution in [2.45, 2.75) is 38.1 Å². The van der Waals surface area contributed by atoms with Gasteiger partial charge in [0.05, 0.1) is 6.10 Å². The maximum absolute atomic E-state index is 11.9. The van der Waals surface area contributed by atoms with Gasteiger partial charge in [0.1, 0.15) is 5.75 Å². The van der Waals surface area contributed by atoms with Crippen molar-refractivity contribution in [2.24, 2.45) is 0 Å². The van der Waals surface area contributed by atoms with E-state index in [1.807, 2.05) is 18.2 Å². The number of ether oxygens (including phenoxy) is 2. The van der Waals surface area contributed by atoms with E-state index in [-0.39, 0.29) is 12.0 Å². The summed E-state index contributed by atoms with van der Waals surface area (Å²) in [5.41, 5.74) is 0. The van der Waals surface area contributed by atoms with E-state index in [2.05, 4.69) is 5.32 Å². The SMILES string of the molecule is CC(Oc1ccccc1)C(=O)NCC1CCC(C(=O)O)O1. The molecule has 6 heteroatoms. The summed E-state index contributed by atoms with van der Waals surface area (Å²) in [5, 5.41) is 11.6. The number of nitrogens with one attached hydrogen (secondary N) is 1. The maximum atomic E-state index is 11.9. The number of benzene rings is 1. The Hall–Kier alpha value is -2.08. The van der Waals surface area contributed by atoms with E-state index in [0.717, 1.165) is 0 Å². The number of rotatable bonds is 6. The molecule has 0 radical (unpaired) electrons. The second-order valence-electron chi connectivity index (χ2n) is 4.98. The molecule has 1 saturated heterocycles. The molecule has 114 valence electrons. The highest BCUT2D eigenvalue weighted by Crippen LogP contribution is 2.19. The smallest absolute Gasteiger partial charge is 0.332 e. The van der Waals surface area contributed by atoms with Crippen LogP contribution in [0.15, 0.2) is 30.3 Å². The highest BCUT2D eigenvalue weighted by atomic mass is 16.5. The molecule has 3 atom stereocenters. The molecule has 0 aromatic heterocycles. The van der Waals surface area contributed by atoms with Gasteiger partial charge >= 0.3 is 5.97 Å². The molecule has 1 aliphatic rings. The molecule has 1 amide bonds. The Kier molecular flexibility index (Phi) is 5.16. The molecule has 0 spiro atoms. The van der Waals surface area contributed by atoms with E-state index in [4.69, 9.17) is 14.6 Å². The lowest BCUT2D eigenvalue weighted by molar-refractivity contribution is -0.149. The third-order valence-electron chi connectivity index (χ3n) is 3.31. The third kappa shape index (κ3) is 4.46. The van der Waals surface area contributed by atoms with Gasteiger partial charge in [-0.2, -0.15) is 0 Å². The second-order valence-corrected chi connectivity index (χ2v) is 4.98. The number of carboxylic acid groups (broad SMARTS) is 1. The van der Waals surface area contributed by atoms with Crippen molar-refractivity contribution in [1.29, 1.82) is 0 Å². The van der Waals surface area contributed by atoms with E-state index in [9.17, 15) is 9.59 Å². The van der Waals surface area contributed by atoms with Gasteiger partial charge in [0, 0.05) is 6.54 Å². The van der Waals surface area contributed by atoms with Crippen molar-refractivity contribution in [3.63, 3.8) is 0 Å². The lowest BCUT2D eigenvalue weighted by atomic mass is 10.2. The number of carbonyl (C=O) groups is 2. The zero-order chi connectivity index (χ0) is 15.2. The van der Waals surface area contributed by atoms with Crippen LogP contribution in [0.1, 0.15) is 19.8 Å². The Morgan fingerprint density at radius 3 is 2.71 bits per heavy atom. The van der Waals surface area contributed by atoms with Crippen molar-refractivity contribution >= 4 is 11.9 Å². The largest absolute Gasteiger partial charge is 0.481 e. The first kappa shape index (κ1) is 15.3. The molecule has 6 nitrogen and oxygen atoms in total. The molecule has 0 saturated carbocycles. The van der Waals surface area contributed by atoms with Crippen LogP contribution in [0.4, 0.5) is 0 Å². The third-order valence-corrected chi connectivity index (χ3v) is 3.31. The standard InChI is InChI=1S/C15H19NO5/c1-10(20-11-5-3-2-4-6-11)14(17)16-9-12-7-8-13(21-12)15(18)19/h2-6,10,12-13H,7-9H2,1H3,(H,16,17)(H,18,19). The number of hydrogen-bond donors (Lipinski definition) is 2. The maximum Gasteiger partial charge on any atom is 0.332 e. The Balaban J connectivity index is 1.73. The van der Waals surface area contributed by atoms with Crippen molar-refractivity contribution in [3.8, 4) is 5.75 Å². The second kappa shape index (κ2) is 7.08. The number of hydrogen-bond acceptors (Lipinski definition) is 4. The molecule has 1 aromatic carbocycles. The average Bonchev–Trinajstić information content (AvgIpc) is 2.95. The summed E-state index contributed by atoms with van der Waals surface area (Å²) in [6, 6.07) is 9.09. The van der Waals surface area contributed by atoms with E-state index < -0.39 is 18.2 Å². The van der Waals surface area contributed by atoms with Gasteiger partial charge < -0.3 is 19.9 Å². The fraction of sp³-hybridized carbons (Fsp3) is 0.467. The zero-order valence-electron chi connectivity index (χ0n) is 11.8. The summed E-state index contributed by atoms with van der Waals surface area (Å²) in [6.45, 7) is 1.96. The Morgan fingerprint density at radius 2 is 2.10 bits per heavy atom. The predicted octanol–water partition coefficient (Wildman–Crippen LogP) is 1.20. The van der Waals surface area contributed by atoms with Crippen LogP contribution in [0.5, 0.6) is 5.75 Å². The van der Waals surface area contributed by atoms with Gasteiger partial charge in [-0.3, -0.25) is 4.79 Å². The molecule has 1 aliphatic heterocycles. The minimum atomic E-state index is -0.954. The predicted molar refractivity (Wildman–Crippen MR) is 75.1 cm³/mol. The Morgan fingerprint density at radius 1 is 1.38 bits per heavy atom. The van der Waals surface area contributed by atoms with Gasteiger partial charge in [-0.25, -0.2) is 4.79 Å². The number of carbonyl (C=O) groups excluding carboxylic acids is 1. The average molecular weight is 293 g/mol. The molecule has 1 aromatic rings. The normalized spacial score (nSPS) is 22.5. The Bertz CT molecular complexity index is 490. The van der Waals surface area contributed by atoms with E-state index >= 15 is 0 Å². The van der Waals surface area contributed by atoms with Crippen LogP contribution in [0.2, 0.25) is 0 Å². The highest BCUT2D eigenvalue weighted by Gasteiger charge is 2.30. The number of carboxylic acids is 1. The molecule has 3 unspecified atom stereocenters. The summed E-state index contributed by atoms with van der Waals surface area (Å²) in [6.07, 6.45) is -0.523. The fourth-order valence-corrected chi connectivity index (χ4v) is 2.15. The lowest BCUT2D eigenvalue weighted by Crippen LogP contribution is -2.40. The minimum absolute atomic E-state index is 0.249. The highest BCUT2D eigenvalue weighted by molar-refractivity contribution is 5.80. The van der Waals surface area contributed by atoms with Gasteiger partial charge in [-0.15, -0.1) is 0 Å². The molecule has 2 rings (SSSR count). The van der Waals surface area contributed by atoms with Crippen LogP contribution in [-0.4, -0.2) is 41.8 Å². The van der Waals surface area contributed by atoms with Crippen molar-refractivity contribution in [3.05, 3.63) is 30.3 Å². The van der Waals surface area contributed by atoms with E-state index in [1.54, 1.807) is 19.1 Å². The van der Waals surface area contributed by atoms with Crippen molar-refractivity contribution in [1.82, 2.24) is 5.32 Å². The zero-order valence-corrected chi connectivity index (χ0v) is 11.8. The molecule has 0 aliphatic carbocycles. The molecular formula is C15H19NO5. The minimum Gasteiger partial charge on any atom is -0.481 e. The summed E-state index contributed by atoms with van der Waals surface area (Å²) < 4.78 is 10.8. The summed E-state index contributed by atoms with van der Waals surface area (Å²) in [4.78, 5) is 22.7. The number of amides is 1. The van der Waals surface area contributed by atoms with Crippen LogP contribution >= 0.6 is 0 Å². The number of aliphatic carboxylic acids is 1. The van der Waals surface area contributed by atoms with Crippen LogP contribution in [0.3, 0.4) is 0 Å². The molecule has 1 fully saturated rings.